The number of carbonyl (C=O) groups excluding carboxylic acids is 1. The molecule has 1 aliphatic rings. The van der Waals surface area contributed by atoms with E-state index in [1.807, 2.05) is 11.9 Å². The second-order valence-corrected chi connectivity index (χ2v) is 6.15. The van der Waals surface area contributed by atoms with E-state index in [0.29, 0.717) is 23.4 Å². The smallest absolute Gasteiger partial charge is 0.276 e. The second-order valence-electron chi connectivity index (χ2n) is 6.15. The highest BCUT2D eigenvalue weighted by molar-refractivity contribution is 5.92. The first-order chi connectivity index (χ1) is 10.6. The first-order valence-corrected chi connectivity index (χ1v) is 7.90. The first kappa shape index (κ1) is 14.8. The normalized spacial score (nSPS) is 21.5. The Morgan fingerprint density at radius 3 is 2.45 bits per heavy atom. The lowest BCUT2D eigenvalue weighted by atomic mass is 9.81. The fourth-order valence-corrected chi connectivity index (χ4v) is 3.34. The van der Waals surface area contributed by atoms with Crippen LogP contribution in [-0.4, -0.2) is 29.1 Å². The number of benzene rings is 1. The molecule has 0 bridgehead atoms. The molecule has 1 amide bonds. The van der Waals surface area contributed by atoms with Crippen LogP contribution in [0, 0.1) is 6.92 Å². The zero-order valence-electron chi connectivity index (χ0n) is 13.2. The van der Waals surface area contributed by atoms with Crippen molar-refractivity contribution >= 4 is 5.91 Å². The minimum Gasteiger partial charge on any atom is -0.361 e. The molecule has 22 heavy (non-hydrogen) atoms. The van der Waals surface area contributed by atoms with Gasteiger partial charge in [0.1, 0.15) is 5.76 Å². The van der Waals surface area contributed by atoms with Gasteiger partial charge in [-0.1, -0.05) is 35.5 Å². The molecule has 3 rings (SSSR count). The zero-order chi connectivity index (χ0) is 15.5. The summed E-state index contributed by atoms with van der Waals surface area (Å²) in [5.41, 5.74) is 1.83. The van der Waals surface area contributed by atoms with E-state index in [4.69, 9.17) is 4.52 Å². The Morgan fingerprint density at radius 1 is 1.18 bits per heavy atom. The summed E-state index contributed by atoms with van der Waals surface area (Å²) < 4.78 is 5.00. The predicted octanol–water partition coefficient (Wildman–Crippen LogP) is 3.78. The molecule has 0 radical (unpaired) electrons. The molecule has 1 aromatic carbocycles. The monoisotopic (exact) mass is 298 g/mol. The molecule has 1 aromatic heterocycles. The van der Waals surface area contributed by atoms with E-state index in [9.17, 15) is 4.79 Å². The maximum absolute atomic E-state index is 12.4. The molecule has 0 saturated heterocycles. The van der Waals surface area contributed by atoms with Crippen molar-refractivity contribution in [1.29, 1.82) is 0 Å². The van der Waals surface area contributed by atoms with Gasteiger partial charge in [-0.3, -0.25) is 4.79 Å². The standard InChI is InChI=1S/C18H22N2O2/c1-13-12-17(19-22-13)18(21)20(2)16-10-8-15(9-11-16)14-6-4-3-5-7-14/h3-7,12,15-16H,8-11H2,1-2H3. The Hall–Kier alpha value is -2.10. The van der Waals surface area contributed by atoms with Crippen molar-refractivity contribution in [3.8, 4) is 0 Å². The van der Waals surface area contributed by atoms with Crippen LogP contribution >= 0.6 is 0 Å². The highest BCUT2D eigenvalue weighted by Gasteiger charge is 2.28. The topological polar surface area (TPSA) is 46.3 Å². The minimum atomic E-state index is -0.0417. The van der Waals surface area contributed by atoms with Crippen molar-refractivity contribution in [1.82, 2.24) is 10.1 Å². The summed E-state index contributed by atoms with van der Waals surface area (Å²) in [5, 5.41) is 3.83. The van der Waals surface area contributed by atoms with E-state index < -0.39 is 0 Å². The lowest BCUT2D eigenvalue weighted by Crippen LogP contribution is -2.39. The summed E-state index contributed by atoms with van der Waals surface area (Å²) in [5.74, 6) is 1.25. The van der Waals surface area contributed by atoms with Gasteiger partial charge in [0.05, 0.1) is 0 Å². The number of amides is 1. The molecule has 0 atom stereocenters. The largest absolute Gasteiger partial charge is 0.361 e. The number of carbonyl (C=O) groups is 1. The van der Waals surface area contributed by atoms with Gasteiger partial charge >= 0.3 is 0 Å². The molecule has 0 unspecified atom stereocenters. The van der Waals surface area contributed by atoms with Gasteiger partial charge < -0.3 is 9.42 Å². The van der Waals surface area contributed by atoms with Gasteiger partial charge in [0.15, 0.2) is 5.69 Å². The number of hydrogen-bond acceptors (Lipinski definition) is 3. The van der Waals surface area contributed by atoms with Crippen LogP contribution < -0.4 is 0 Å². The van der Waals surface area contributed by atoms with Gasteiger partial charge in [0, 0.05) is 19.2 Å². The van der Waals surface area contributed by atoms with Crippen LogP contribution in [0.3, 0.4) is 0 Å². The van der Waals surface area contributed by atoms with Crippen molar-refractivity contribution in [2.45, 2.75) is 44.6 Å². The number of hydrogen-bond donors (Lipinski definition) is 0. The lowest BCUT2D eigenvalue weighted by molar-refractivity contribution is 0.0679. The Labute approximate surface area is 131 Å². The van der Waals surface area contributed by atoms with Gasteiger partial charge in [0.25, 0.3) is 5.91 Å². The molecule has 4 nitrogen and oxygen atoms in total. The molecule has 116 valence electrons. The van der Waals surface area contributed by atoms with E-state index >= 15 is 0 Å². The Kier molecular flexibility index (Phi) is 4.27. The van der Waals surface area contributed by atoms with Crippen molar-refractivity contribution in [3.63, 3.8) is 0 Å². The van der Waals surface area contributed by atoms with Gasteiger partial charge in [-0.2, -0.15) is 0 Å². The number of rotatable bonds is 3. The maximum Gasteiger partial charge on any atom is 0.276 e. The molecule has 1 heterocycles. The zero-order valence-corrected chi connectivity index (χ0v) is 13.2. The Balaban J connectivity index is 1.60. The molecular formula is C18H22N2O2. The Morgan fingerprint density at radius 2 is 1.86 bits per heavy atom. The van der Waals surface area contributed by atoms with Crippen LogP contribution in [-0.2, 0) is 0 Å². The molecule has 0 aliphatic heterocycles. The highest BCUT2D eigenvalue weighted by atomic mass is 16.5. The summed E-state index contributed by atoms with van der Waals surface area (Å²) in [6.45, 7) is 1.80. The van der Waals surface area contributed by atoms with Gasteiger partial charge in [-0.05, 0) is 44.1 Å². The van der Waals surface area contributed by atoms with Crippen molar-refractivity contribution < 1.29 is 9.32 Å². The average Bonchev–Trinajstić information content (AvgIpc) is 3.01. The Bertz CT molecular complexity index is 628. The molecule has 1 aliphatic carbocycles. The SMILES string of the molecule is Cc1cc(C(=O)N(C)C2CCC(c3ccccc3)CC2)no1. The van der Waals surface area contributed by atoms with Crippen molar-refractivity contribution in [2.75, 3.05) is 7.05 Å². The summed E-state index contributed by atoms with van der Waals surface area (Å²) in [4.78, 5) is 14.2. The highest BCUT2D eigenvalue weighted by Crippen LogP contribution is 2.34. The molecule has 4 heteroatoms. The average molecular weight is 298 g/mol. The van der Waals surface area contributed by atoms with Crippen molar-refractivity contribution in [3.05, 3.63) is 53.4 Å². The molecule has 0 N–H and O–H groups in total. The molecule has 2 aromatic rings. The van der Waals surface area contributed by atoms with Crippen molar-refractivity contribution in [2.24, 2.45) is 0 Å². The summed E-state index contributed by atoms with van der Waals surface area (Å²) in [6.07, 6.45) is 4.34. The molecule has 0 spiro atoms. The second kappa shape index (κ2) is 6.34. The summed E-state index contributed by atoms with van der Waals surface area (Å²) >= 11 is 0. The van der Waals surface area contributed by atoms with E-state index in [1.54, 1.807) is 13.0 Å². The first-order valence-electron chi connectivity index (χ1n) is 7.90. The third-order valence-corrected chi connectivity index (χ3v) is 4.68. The quantitative estimate of drug-likeness (QED) is 0.866. The molecular weight excluding hydrogens is 276 g/mol. The van der Waals surface area contributed by atoms with E-state index in [2.05, 4.69) is 35.5 Å². The van der Waals surface area contributed by atoms with Gasteiger partial charge in [-0.15, -0.1) is 0 Å². The van der Waals surface area contributed by atoms with Crippen LogP contribution in [0.1, 0.15) is 53.4 Å². The maximum atomic E-state index is 12.4. The molecule has 1 saturated carbocycles. The fourth-order valence-electron chi connectivity index (χ4n) is 3.34. The van der Waals surface area contributed by atoms with E-state index in [0.717, 1.165) is 25.7 Å². The lowest BCUT2D eigenvalue weighted by Gasteiger charge is -2.34. The van der Waals surface area contributed by atoms with Crippen LogP contribution in [0.15, 0.2) is 40.9 Å². The summed E-state index contributed by atoms with van der Waals surface area (Å²) in [6, 6.07) is 12.7. The van der Waals surface area contributed by atoms with E-state index in [-0.39, 0.29) is 5.91 Å². The van der Waals surface area contributed by atoms with Crippen LogP contribution in [0.2, 0.25) is 0 Å². The molecule has 1 fully saturated rings. The predicted molar refractivity (Wildman–Crippen MR) is 84.8 cm³/mol. The van der Waals surface area contributed by atoms with Crippen LogP contribution in [0.5, 0.6) is 0 Å². The number of aryl methyl sites for hydroxylation is 1. The third-order valence-electron chi connectivity index (χ3n) is 4.68. The van der Waals surface area contributed by atoms with Gasteiger partial charge in [0.2, 0.25) is 0 Å². The van der Waals surface area contributed by atoms with E-state index in [1.165, 1.54) is 5.56 Å². The minimum absolute atomic E-state index is 0.0417. The number of nitrogens with zero attached hydrogens (tertiary/aromatic N) is 2. The third kappa shape index (κ3) is 3.06. The number of aromatic nitrogens is 1. The fraction of sp³-hybridized carbons (Fsp3) is 0.444. The van der Waals surface area contributed by atoms with Crippen LogP contribution in [0.25, 0.3) is 0 Å². The summed E-state index contributed by atoms with van der Waals surface area (Å²) in [7, 11) is 1.87. The van der Waals surface area contributed by atoms with Gasteiger partial charge in [-0.25, -0.2) is 0 Å². The van der Waals surface area contributed by atoms with Crippen LogP contribution in [0.4, 0.5) is 0 Å².